The second kappa shape index (κ2) is 12.2. The van der Waals surface area contributed by atoms with Gasteiger partial charge in [-0.3, -0.25) is 11.2 Å². The molecule has 0 amide bonds. The fraction of sp³-hybridized carbons (Fsp3) is 0.923. The molecule has 1 aliphatic heterocycles. The van der Waals surface area contributed by atoms with Crippen LogP contribution in [0.1, 0.15) is 103 Å². The van der Waals surface area contributed by atoms with Crippen LogP contribution in [0, 0.1) is 23.7 Å². The van der Waals surface area contributed by atoms with Crippen molar-refractivity contribution in [2.45, 2.75) is 121 Å². The number of hydrazine groups is 1. The fourth-order valence-corrected chi connectivity index (χ4v) is 7.20. The summed E-state index contributed by atoms with van der Waals surface area (Å²) in [5.74, 6) is 8.57. The van der Waals surface area contributed by atoms with Gasteiger partial charge >= 0.3 is 0 Å². The highest BCUT2D eigenvalue weighted by Gasteiger charge is 2.42. The van der Waals surface area contributed by atoms with Crippen LogP contribution >= 0.6 is 0 Å². The third-order valence-electron chi connectivity index (χ3n) is 9.05. The first kappa shape index (κ1) is 24.5. The van der Waals surface area contributed by atoms with Crippen molar-refractivity contribution in [1.29, 1.82) is 0 Å². The van der Waals surface area contributed by atoms with E-state index in [2.05, 4.69) is 21.7 Å². The van der Waals surface area contributed by atoms with Crippen molar-refractivity contribution < 1.29 is 5.11 Å². The Bertz CT molecular complexity index is 587. The lowest BCUT2D eigenvalue weighted by Crippen LogP contribution is -2.55. The van der Waals surface area contributed by atoms with Crippen LogP contribution in [0.4, 0.5) is 0 Å². The number of nitrogens with two attached hydrogens (primary N) is 2. The highest BCUT2D eigenvalue weighted by atomic mass is 16.3. The Hall–Kier alpha value is -0.660. The molecule has 4 rings (SSSR count). The molecule has 0 bridgehead atoms. The van der Waals surface area contributed by atoms with Gasteiger partial charge in [-0.2, -0.15) is 0 Å². The Kier molecular flexibility index (Phi) is 9.30. The number of fused-ring (bicyclic) bond motifs is 1. The molecule has 3 aliphatic carbocycles. The van der Waals surface area contributed by atoms with Crippen LogP contribution in [0.25, 0.3) is 0 Å². The SMILES string of the molecule is NNC(N)NC(O)CCC1CC=C2C(C1)C(CCC1CCCCC1)CN2C1CCCCC1. The number of hydrogen-bond acceptors (Lipinski definition) is 6. The van der Waals surface area contributed by atoms with Crippen LogP contribution in [-0.2, 0) is 0 Å². The molecule has 5 unspecified atom stereocenters. The van der Waals surface area contributed by atoms with E-state index in [0.717, 1.165) is 43.1 Å². The molecular weight excluding hydrogens is 398 g/mol. The summed E-state index contributed by atoms with van der Waals surface area (Å²) in [5.41, 5.74) is 9.87. The van der Waals surface area contributed by atoms with E-state index in [1.165, 1.54) is 90.0 Å². The maximum atomic E-state index is 10.3. The number of aliphatic hydroxyl groups excluding tert-OH is 1. The molecule has 5 atom stereocenters. The summed E-state index contributed by atoms with van der Waals surface area (Å²) in [7, 11) is 0. The number of allylic oxidation sites excluding steroid dienone is 2. The van der Waals surface area contributed by atoms with Crippen LogP contribution in [0.2, 0.25) is 0 Å². The Morgan fingerprint density at radius 3 is 2.41 bits per heavy atom. The normalized spacial score (nSPS) is 31.9. The first-order chi connectivity index (χ1) is 15.6. The summed E-state index contributed by atoms with van der Waals surface area (Å²) < 4.78 is 0. The lowest BCUT2D eigenvalue weighted by molar-refractivity contribution is 0.0972. The molecule has 32 heavy (non-hydrogen) atoms. The predicted molar refractivity (Wildman–Crippen MR) is 131 cm³/mol. The average molecular weight is 448 g/mol. The maximum Gasteiger partial charge on any atom is 0.123 e. The van der Waals surface area contributed by atoms with Crippen LogP contribution < -0.4 is 22.3 Å². The highest BCUT2D eigenvalue weighted by Crippen LogP contribution is 2.47. The molecular formula is C26H49N5O. The summed E-state index contributed by atoms with van der Waals surface area (Å²) in [6, 6.07) is 0.796. The zero-order valence-electron chi connectivity index (χ0n) is 20.2. The summed E-state index contributed by atoms with van der Waals surface area (Å²) in [6.07, 6.45) is 22.9. The molecule has 1 heterocycles. The highest BCUT2D eigenvalue weighted by molar-refractivity contribution is 5.18. The minimum Gasteiger partial charge on any atom is -0.379 e. The van der Waals surface area contributed by atoms with E-state index in [1.807, 2.05) is 0 Å². The molecule has 3 fully saturated rings. The Morgan fingerprint density at radius 1 is 0.969 bits per heavy atom. The molecule has 184 valence electrons. The quantitative estimate of drug-likeness (QED) is 0.198. The third-order valence-corrected chi connectivity index (χ3v) is 9.05. The Labute approximate surface area is 195 Å². The van der Waals surface area contributed by atoms with Crippen molar-refractivity contribution in [1.82, 2.24) is 15.6 Å². The number of hydrogen-bond donors (Lipinski definition) is 5. The van der Waals surface area contributed by atoms with Gasteiger partial charge < -0.3 is 15.7 Å². The molecule has 0 spiro atoms. The van der Waals surface area contributed by atoms with Crippen molar-refractivity contribution in [3.8, 4) is 0 Å². The molecule has 0 aromatic rings. The number of nitrogens with one attached hydrogen (secondary N) is 2. The lowest BCUT2D eigenvalue weighted by atomic mass is 9.75. The van der Waals surface area contributed by atoms with E-state index in [9.17, 15) is 5.11 Å². The van der Waals surface area contributed by atoms with Gasteiger partial charge in [-0.1, -0.05) is 63.9 Å². The van der Waals surface area contributed by atoms with Gasteiger partial charge in [-0.15, -0.1) is 0 Å². The van der Waals surface area contributed by atoms with Gasteiger partial charge in [0.05, 0.1) is 0 Å². The average Bonchev–Trinajstić information content (AvgIpc) is 3.20. The summed E-state index contributed by atoms with van der Waals surface area (Å²) >= 11 is 0. The lowest BCUT2D eigenvalue weighted by Gasteiger charge is -2.37. The van der Waals surface area contributed by atoms with Gasteiger partial charge in [0, 0.05) is 24.2 Å². The van der Waals surface area contributed by atoms with Gasteiger partial charge in [0.2, 0.25) is 0 Å². The predicted octanol–water partition coefficient (Wildman–Crippen LogP) is 3.92. The fourth-order valence-electron chi connectivity index (χ4n) is 7.20. The zero-order valence-corrected chi connectivity index (χ0v) is 20.2. The van der Waals surface area contributed by atoms with E-state index >= 15 is 0 Å². The van der Waals surface area contributed by atoms with Gasteiger partial charge in [0.25, 0.3) is 0 Å². The molecule has 0 radical (unpaired) electrons. The second-order valence-corrected chi connectivity index (χ2v) is 11.3. The molecule has 7 N–H and O–H groups in total. The number of aliphatic hydroxyl groups is 1. The monoisotopic (exact) mass is 447 g/mol. The van der Waals surface area contributed by atoms with Gasteiger partial charge in [0.15, 0.2) is 0 Å². The number of nitrogens with zero attached hydrogens (tertiary/aromatic N) is 1. The number of rotatable bonds is 10. The molecule has 0 aromatic carbocycles. The molecule has 6 heteroatoms. The van der Waals surface area contributed by atoms with Crippen molar-refractivity contribution in [2.75, 3.05) is 6.54 Å². The van der Waals surface area contributed by atoms with Crippen LogP contribution in [-0.4, -0.2) is 35.1 Å². The van der Waals surface area contributed by atoms with Gasteiger partial charge in [-0.05, 0) is 62.7 Å². The summed E-state index contributed by atoms with van der Waals surface area (Å²) in [6.45, 7) is 1.31. The molecule has 2 saturated carbocycles. The number of likely N-dealkylation sites (tertiary alicyclic amines) is 1. The minimum atomic E-state index is -0.601. The van der Waals surface area contributed by atoms with Gasteiger partial charge in [0.1, 0.15) is 12.5 Å². The van der Waals surface area contributed by atoms with Crippen molar-refractivity contribution >= 4 is 0 Å². The van der Waals surface area contributed by atoms with Crippen LogP contribution in [0.15, 0.2) is 11.8 Å². The van der Waals surface area contributed by atoms with Gasteiger partial charge in [-0.25, -0.2) is 5.43 Å². The Balaban J connectivity index is 1.35. The van der Waals surface area contributed by atoms with Crippen molar-refractivity contribution in [3.63, 3.8) is 0 Å². The first-order valence-corrected chi connectivity index (χ1v) is 13.8. The van der Waals surface area contributed by atoms with Crippen LogP contribution in [0.3, 0.4) is 0 Å². The molecule has 4 aliphatic rings. The van der Waals surface area contributed by atoms with Crippen molar-refractivity contribution in [2.24, 2.45) is 35.2 Å². The third kappa shape index (κ3) is 6.47. The second-order valence-electron chi connectivity index (χ2n) is 11.3. The zero-order chi connectivity index (χ0) is 22.3. The van der Waals surface area contributed by atoms with E-state index in [4.69, 9.17) is 11.6 Å². The van der Waals surface area contributed by atoms with E-state index in [0.29, 0.717) is 5.92 Å². The van der Waals surface area contributed by atoms with E-state index < -0.39 is 12.5 Å². The minimum absolute atomic E-state index is 0.564. The smallest absolute Gasteiger partial charge is 0.123 e. The Morgan fingerprint density at radius 2 is 1.69 bits per heavy atom. The van der Waals surface area contributed by atoms with Crippen molar-refractivity contribution in [3.05, 3.63) is 11.8 Å². The maximum absolute atomic E-state index is 10.3. The topological polar surface area (TPSA) is 99.6 Å². The largest absolute Gasteiger partial charge is 0.379 e. The summed E-state index contributed by atoms with van der Waals surface area (Å²) in [4.78, 5) is 2.87. The molecule has 1 saturated heterocycles. The van der Waals surface area contributed by atoms with E-state index in [1.54, 1.807) is 5.70 Å². The molecule has 0 aromatic heterocycles. The summed E-state index contributed by atoms with van der Waals surface area (Å²) in [5, 5.41) is 13.2. The van der Waals surface area contributed by atoms with Crippen LogP contribution in [0.5, 0.6) is 0 Å². The van der Waals surface area contributed by atoms with E-state index in [-0.39, 0.29) is 0 Å². The standard InChI is InChI=1S/C26H49N5O/c27-26(30-28)29-25(32)16-13-20-12-15-24-23(17-20)21(14-11-19-7-3-1-4-8-19)18-31(24)22-9-5-2-6-10-22/h15,19-23,25-26,29-30,32H,1-14,16-18,27-28H2. The first-order valence-electron chi connectivity index (χ1n) is 13.8. The molecule has 6 nitrogen and oxygen atoms in total.